The first kappa shape index (κ1) is 32.9. The van der Waals surface area contributed by atoms with Crippen LogP contribution in [0.15, 0.2) is 36.8 Å². The molecule has 2 aliphatic rings. The molecule has 0 spiro atoms. The fourth-order valence-corrected chi connectivity index (χ4v) is 6.02. The van der Waals surface area contributed by atoms with Gasteiger partial charge in [-0.3, -0.25) is 15.0 Å². The number of hydrogen-bond donors (Lipinski definition) is 3. The van der Waals surface area contributed by atoms with E-state index in [1.54, 1.807) is 25.6 Å². The number of benzene rings is 1. The van der Waals surface area contributed by atoms with Crippen LogP contribution in [0, 0.1) is 11.3 Å². The Kier molecular flexibility index (Phi) is 11.9. The lowest BCUT2D eigenvalue weighted by Gasteiger charge is -2.38. The van der Waals surface area contributed by atoms with Crippen molar-refractivity contribution in [1.29, 1.82) is 5.41 Å². The minimum Gasteiger partial charge on any atom is -0.487 e. The van der Waals surface area contributed by atoms with E-state index in [9.17, 15) is 0 Å². The average molecular weight is 641 g/mol. The van der Waals surface area contributed by atoms with Crippen molar-refractivity contribution in [1.82, 2.24) is 30.0 Å². The van der Waals surface area contributed by atoms with E-state index in [2.05, 4.69) is 37.1 Å². The highest BCUT2D eigenvalue weighted by molar-refractivity contribution is 6.32. The maximum absolute atomic E-state index is 7.15. The molecule has 1 aromatic carbocycles. The Morgan fingerprint density at radius 2 is 1.80 bits per heavy atom. The molecule has 3 N–H and O–H groups in total. The van der Waals surface area contributed by atoms with E-state index in [1.807, 2.05) is 25.3 Å². The standard InChI is InChI=1S/C32H45ClN8O4/c1-22(19-42-3)20-44-31-29(18-41(39-31)27-7-5-26(6-8-27)40-10-12-43-13-11-40)38-32-36-16-25(17-37-32)24-4-9-28(33)30(14-24)45-23(2)15-35-21-34/h4,9,14,16-18,21-23,26-27H,5-8,10-13,15,19-20H2,1-3H3,(H2,34,35)(H,36,37,38)/t22?,23-,26-,27-/m0/s1. The molecule has 13 heteroatoms. The van der Waals surface area contributed by atoms with Crippen LogP contribution in [0.3, 0.4) is 0 Å². The third-order valence-corrected chi connectivity index (χ3v) is 8.57. The Morgan fingerprint density at radius 1 is 1.07 bits per heavy atom. The molecule has 5 rings (SSSR count). The highest BCUT2D eigenvalue weighted by atomic mass is 35.5. The topological polar surface area (TPSA) is 132 Å². The van der Waals surface area contributed by atoms with Crippen LogP contribution < -0.4 is 20.1 Å². The molecule has 3 heterocycles. The molecular weight excluding hydrogens is 596 g/mol. The number of anilines is 2. The van der Waals surface area contributed by atoms with Crippen LogP contribution in [-0.4, -0.2) is 96.3 Å². The third kappa shape index (κ3) is 9.06. The molecule has 2 fully saturated rings. The number of aromatic nitrogens is 4. The maximum Gasteiger partial charge on any atom is 0.256 e. The zero-order chi connectivity index (χ0) is 31.6. The molecule has 0 radical (unpaired) electrons. The molecule has 2 aromatic heterocycles. The summed E-state index contributed by atoms with van der Waals surface area (Å²) in [5.41, 5.74) is 2.44. The summed E-state index contributed by atoms with van der Waals surface area (Å²) in [5.74, 6) is 1.76. The summed E-state index contributed by atoms with van der Waals surface area (Å²) in [5, 5.41) is 18.7. The summed E-state index contributed by atoms with van der Waals surface area (Å²) in [6.07, 6.45) is 11.0. The highest BCUT2D eigenvalue weighted by Crippen LogP contribution is 2.35. The summed E-state index contributed by atoms with van der Waals surface area (Å²) in [4.78, 5) is 11.8. The second kappa shape index (κ2) is 16.2. The highest BCUT2D eigenvalue weighted by Gasteiger charge is 2.29. The predicted molar refractivity (Wildman–Crippen MR) is 175 cm³/mol. The number of morpholine rings is 1. The zero-order valence-corrected chi connectivity index (χ0v) is 27.1. The van der Waals surface area contributed by atoms with Gasteiger partial charge >= 0.3 is 0 Å². The molecule has 1 saturated heterocycles. The molecule has 244 valence electrons. The van der Waals surface area contributed by atoms with Crippen molar-refractivity contribution in [2.75, 3.05) is 58.5 Å². The smallest absolute Gasteiger partial charge is 0.256 e. The van der Waals surface area contributed by atoms with Crippen molar-refractivity contribution >= 4 is 29.6 Å². The van der Waals surface area contributed by atoms with E-state index in [4.69, 9.17) is 41.1 Å². The van der Waals surface area contributed by atoms with E-state index >= 15 is 0 Å². The molecule has 45 heavy (non-hydrogen) atoms. The van der Waals surface area contributed by atoms with Gasteiger partial charge in [0.25, 0.3) is 5.88 Å². The Hall–Kier alpha value is -3.45. The van der Waals surface area contributed by atoms with Gasteiger partial charge in [-0.25, -0.2) is 9.97 Å². The molecule has 12 nitrogen and oxygen atoms in total. The van der Waals surface area contributed by atoms with Gasteiger partial charge in [-0.15, -0.1) is 5.10 Å². The van der Waals surface area contributed by atoms with Gasteiger partial charge in [0.05, 0.1) is 56.6 Å². The number of methoxy groups -OCH3 is 1. The lowest BCUT2D eigenvalue weighted by atomic mass is 9.90. The van der Waals surface area contributed by atoms with Gasteiger partial charge in [0.1, 0.15) is 17.5 Å². The molecule has 0 bridgehead atoms. The maximum atomic E-state index is 7.15. The number of hydrogen-bond acceptors (Lipinski definition) is 10. The van der Waals surface area contributed by atoms with Crippen LogP contribution in [0.25, 0.3) is 11.1 Å². The van der Waals surface area contributed by atoms with Crippen LogP contribution in [0.4, 0.5) is 11.6 Å². The summed E-state index contributed by atoms with van der Waals surface area (Å²) in [6, 6.07) is 6.51. The molecule has 0 amide bonds. The van der Waals surface area contributed by atoms with Crippen molar-refractivity contribution in [2.45, 2.75) is 57.7 Å². The minimum atomic E-state index is -0.170. The van der Waals surface area contributed by atoms with Crippen molar-refractivity contribution < 1.29 is 18.9 Å². The first-order valence-electron chi connectivity index (χ1n) is 15.7. The normalized spacial score (nSPS) is 20.3. The Labute approximate surface area is 270 Å². The van der Waals surface area contributed by atoms with E-state index < -0.39 is 0 Å². The lowest BCUT2D eigenvalue weighted by Crippen LogP contribution is -2.45. The molecule has 1 unspecified atom stereocenters. The summed E-state index contributed by atoms with van der Waals surface area (Å²) in [7, 11) is 1.70. The van der Waals surface area contributed by atoms with Gasteiger partial charge in [-0.1, -0.05) is 24.6 Å². The van der Waals surface area contributed by atoms with Gasteiger partial charge < -0.3 is 29.6 Å². The zero-order valence-electron chi connectivity index (χ0n) is 26.4. The van der Waals surface area contributed by atoms with Crippen LogP contribution >= 0.6 is 11.6 Å². The second-order valence-corrected chi connectivity index (χ2v) is 12.3. The number of nitrogens with zero attached hydrogens (tertiary/aromatic N) is 5. The largest absolute Gasteiger partial charge is 0.487 e. The third-order valence-electron chi connectivity index (χ3n) is 8.25. The van der Waals surface area contributed by atoms with Crippen molar-refractivity contribution in [3.05, 3.63) is 41.8 Å². The van der Waals surface area contributed by atoms with Crippen LogP contribution in [0.2, 0.25) is 5.02 Å². The molecule has 3 aromatic rings. The number of ether oxygens (including phenoxy) is 4. The van der Waals surface area contributed by atoms with Gasteiger partial charge in [-0.05, 0) is 50.3 Å². The van der Waals surface area contributed by atoms with E-state index in [1.165, 1.54) is 0 Å². The molecule has 1 aliphatic carbocycles. The second-order valence-electron chi connectivity index (χ2n) is 11.9. The van der Waals surface area contributed by atoms with E-state index in [-0.39, 0.29) is 12.0 Å². The fraction of sp³-hybridized carbons (Fsp3) is 0.562. The van der Waals surface area contributed by atoms with Crippen LogP contribution in [0.1, 0.15) is 45.6 Å². The van der Waals surface area contributed by atoms with Crippen molar-refractivity contribution in [2.24, 2.45) is 5.92 Å². The molecular formula is C32H45ClN8O4. The number of rotatable bonds is 15. The van der Waals surface area contributed by atoms with Crippen LogP contribution in [0.5, 0.6) is 11.6 Å². The van der Waals surface area contributed by atoms with Gasteiger partial charge in [-0.2, -0.15) is 0 Å². The van der Waals surface area contributed by atoms with Gasteiger partial charge in [0.2, 0.25) is 5.95 Å². The van der Waals surface area contributed by atoms with E-state index in [0.29, 0.717) is 54.4 Å². The van der Waals surface area contributed by atoms with Gasteiger partial charge in [0, 0.05) is 50.1 Å². The number of nitrogens with one attached hydrogen (secondary N) is 3. The van der Waals surface area contributed by atoms with Crippen molar-refractivity contribution in [3.8, 4) is 22.8 Å². The first-order chi connectivity index (χ1) is 21.9. The van der Waals surface area contributed by atoms with E-state index in [0.717, 1.165) is 75.1 Å². The van der Waals surface area contributed by atoms with Crippen molar-refractivity contribution in [3.63, 3.8) is 0 Å². The molecule has 1 aliphatic heterocycles. The summed E-state index contributed by atoms with van der Waals surface area (Å²) >= 11 is 6.39. The van der Waals surface area contributed by atoms with Crippen LogP contribution in [-0.2, 0) is 9.47 Å². The predicted octanol–water partition coefficient (Wildman–Crippen LogP) is 5.18. The summed E-state index contributed by atoms with van der Waals surface area (Å²) in [6.45, 7) is 9.31. The average Bonchev–Trinajstić information content (AvgIpc) is 3.47. The Morgan fingerprint density at radius 3 is 2.51 bits per heavy atom. The SMILES string of the molecule is COCC(C)COc1nn([C@H]2CC[C@H](N3CCOCC3)CC2)cc1Nc1ncc(-c2ccc(Cl)c(O[C@@H](C)CNC=N)c2)cn1. The minimum absolute atomic E-state index is 0.170. The first-order valence-corrected chi connectivity index (χ1v) is 16.1. The monoisotopic (exact) mass is 640 g/mol. The Bertz CT molecular complexity index is 1360. The molecule has 2 atom stereocenters. The van der Waals surface area contributed by atoms with Gasteiger partial charge in [0.15, 0.2) is 0 Å². The fourth-order valence-electron chi connectivity index (χ4n) is 5.86. The summed E-state index contributed by atoms with van der Waals surface area (Å²) < 4.78 is 25.1. The number of halogens is 1. The Balaban J connectivity index is 1.27. The quantitative estimate of drug-likeness (QED) is 0.151. The molecule has 1 saturated carbocycles. The lowest BCUT2D eigenvalue weighted by molar-refractivity contribution is 0.00502.